The second kappa shape index (κ2) is 6.73. The first-order chi connectivity index (χ1) is 11.4. The number of nitrogens with one attached hydrogen (secondary N) is 1. The van der Waals surface area contributed by atoms with Crippen molar-refractivity contribution in [1.29, 1.82) is 0 Å². The smallest absolute Gasteiger partial charge is 0.239 e. The molecule has 0 aliphatic carbocycles. The van der Waals surface area contributed by atoms with Gasteiger partial charge in [0.1, 0.15) is 17.6 Å². The zero-order valence-corrected chi connectivity index (χ0v) is 14.7. The van der Waals surface area contributed by atoms with Gasteiger partial charge in [0.05, 0.1) is 24.5 Å². The molecular formula is C17H20ClN3O3. The Balaban J connectivity index is 1.67. The Morgan fingerprint density at radius 1 is 1.46 bits per heavy atom. The van der Waals surface area contributed by atoms with Crippen molar-refractivity contribution in [2.75, 3.05) is 18.0 Å². The summed E-state index contributed by atoms with van der Waals surface area (Å²) in [4.78, 5) is 14.3. The zero-order valence-electron chi connectivity index (χ0n) is 13.9. The summed E-state index contributed by atoms with van der Waals surface area (Å²) in [6.45, 7) is 6.95. The average molecular weight is 350 g/mol. The molecule has 0 saturated heterocycles. The number of halogens is 1. The van der Waals surface area contributed by atoms with Gasteiger partial charge in [0.15, 0.2) is 0 Å². The lowest BCUT2D eigenvalue weighted by Gasteiger charge is -2.34. The lowest BCUT2D eigenvalue weighted by atomic mass is 10.2. The molecule has 1 amide bonds. The van der Waals surface area contributed by atoms with Crippen LogP contribution in [0.2, 0.25) is 5.02 Å². The topological polar surface area (TPSA) is 67.6 Å². The number of hydrogen-bond donors (Lipinski definition) is 1. The van der Waals surface area contributed by atoms with Gasteiger partial charge in [-0.25, -0.2) is 0 Å². The summed E-state index contributed by atoms with van der Waals surface area (Å²) in [6, 6.07) is 5.45. The van der Waals surface area contributed by atoms with Gasteiger partial charge in [-0.3, -0.25) is 4.79 Å². The van der Waals surface area contributed by atoms with E-state index in [4.69, 9.17) is 20.9 Å². The summed E-state index contributed by atoms with van der Waals surface area (Å²) in [5.41, 5.74) is 2.56. The van der Waals surface area contributed by atoms with Crippen LogP contribution >= 0.6 is 11.6 Å². The predicted octanol–water partition coefficient (Wildman–Crippen LogP) is 2.85. The molecule has 1 N–H and O–H groups in total. The number of carbonyl (C=O) groups excluding carboxylic acids is 1. The first-order valence-electron chi connectivity index (χ1n) is 7.83. The van der Waals surface area contributed by atoms with E-state index in [0.717, 1.165) is 28.5 Å². The molecule has 24 heavy (non-hydrogen) atoms. The van der Waals surface area contributed by atoms with Crippen LogP contribution < -0.4 is 15.0 Å². The molecule has 1 aliphatic heterocycles. The Hall–Kier alpha value is -2.21. The Labute approximate surface area is 145 Å². The molecule has 1 aromatic carbocycles. The minimum atomic E-state index is -0.0741. The highest BCUT2D eigenvalue weighted by Gasteiger charge is 2.25. The van der Waals surface area contributed by atoms with Crippen molar-refractivity contribution in [3.8, 4) is 5.75 Å². The van der Waals surface area contributed by atoms with Crippen molar-refractivity contribution in [3.63, 3.8) is 0 Å². The Kier molecular flexibility index (Phi) is 4.66. The van der Waals surface area contributed by atoms with E-state index >= 15 is 0 Å². The van der Waals surface area contributed by atoms with E-state index in [1.54, 1.807) is 6.07 Å². The predicted molar refractivity (Wildman–Crippen MR) is 91.6 cm³/mol. The van der Waals surface area contributed by atoms with Crippen LogP contribution in [0.4, 0.5) is 5.69 Å². The Morgan fingerprint density at radius 3 is 2.96 bits per heavy atom. The molecule has 2 heterocycles. The second-order valence-electron chi connectivity index (χ2n) is 6.00. The van der Waals surface area contributed by atoms with Crippen molar-refractivity contribution in [2.24, 2.45) is 0 Å². The summed E-state index contributed by atoms with van der Waals surface area (Å²) in [6.07, 6.45) is 0.00837. The molecule has 0 radical (unpaired) electrons. The van der Waals surface area contributed by atoms with Crippen LogP contribution in [0.15, 0.2) is 22.7 Å². The number of benzene rings is 1. The number of carbonyl (C=O) groups is 1. The number of aryl methyl sites for hydroxylation is 2. The normalized spacial score (nSPS) is 16.5. The molecule has 7 heteroatoms. The van der Waals surface area contributed by atoms with Gasteiger partial charge in [-0.05, 0) is 39.0 Å². The largest absolute Gasteiger partial charge is 0.487 e. The number of hydrogen-bond acceptors (Lipinski definition) is 5. The van der Waals surface area contributed by atoms with E-state index in [2.05, 4.69) is 10.5 Å². The summed E-state index contributed by atoms with van der Waals surface area (Å²) >= 11 is 6.08. The molecule has 0 unspecified atom stereocenters. The van der Waals surface area contributed by atoms with Crippen molar-refractivity contribution in [2.45, 2.75) is 33.4 Å². The van der Waals surface area contributed by atoms with Crippen molar-refractivity contribution >= 4 is 23.2 Å². The van der Waals surface area contributed by atoms with Crippen molar-refractivity contribution in [1.82, 2.24) is 10.5 Å². The maximum Gasteiger partial charge on any atom is 0.239 e. The molecule has 6 nitrogen and oxygen atoms in total. The molecule has 3 rings (SSSR count). The number of fused-ring (bicyclic) bond motifs is 1. The Morgan fingerprint density at radius 2 is 2.25 bits per heavy atom. The van der Waals surface area contributed by atoms with Gasteiger partial charge < -0.3 is 19.5 Å². The van der Waals surface area contributed by atoms with Crippen LogP contribution in [0, 0.1) is 13.8 Å². The van der Waals surface area contributed by atoms with Crippen LogP contribution in [0.25, 0.3) is 0 Å². The number of nitrogens with zero attached hydrogens (tertiary/aromatic N) is 2. The van der Waals surface area contributed by atoms with Gasteiger partial charge in [0, 0.05) is 17.1 Å². The third-order valence-corrected chi connectivity index (χ3v) is 4.28. The standard InChI is InChI=1S/C17H20ClN3O3/c1-10-8-21(15-6-13(18)4-5-16(15)23-10)9-17(22)19-7-14-11(2)20-24-12(14)3/h4-6,10H,7-9H2,1-3H3,(H,19,22)/t10-/m0/s1. The van der Waals surface area contributed by atoms with Crippen LogP contribution in [0.3, 0.4) is 0 Å². The van der Waals surface area contributed by atoms with E-state index in [9.17, 15) is 4.79 Å². The monoisotopic (exact) mass is 349 g/mol. The molecule has 0 bridgehead atoms. The van der Waals surface area contributed by atoms with Crippen LogP contribution in [0.5, 0.6) is 5.75 Å². The summed E-state index contributed by atoms with van der Waals surface area (Å²) in [7, 11) is 0. The molecule has 1 atom stereocenters. The minimum absolute atomic E-state index is 0.00837. The maximum absolute atomic E-state index is 12.4. The van der Waals surface area contributed by atoms with Crippen molar-refractivity contribution in [3.05, 3.63) is 40.2 Å². The molecule has 128 valence electrons. The highest BCUT2D eigenvalue weighted by atomic mass is 35.5. The zero-order chi connectivity index (χ0) is 17.3. The van der Waals surface area contributed by atoms with Gasteiger partial charge in [-0.1, -0.05) is 16.8 Å². The summed E-state index contributed by atoms with van der Waals surface area (Å²) in [5, 5.41) is 7.43. The van der Waals surface area contributed by atoms with Gasteiger partial charge in [0.2, 0.25) is 5.91 Å². The van der Waals surface area contributed by atoms with Crippen LogP contribution in [-0.2, 0) is 11.3 Å². The molecule has 1 aliphatic rings. The summed E-state index contributed by atoms with van der Waals surface area (Å²) < 4.78 is 10.9. The third kappa shape index (κ3) is 3.48. The lowest BCUT2D eigenvalue weighted by Crippen LogP contribution is -2.44. The van der Waals surface area contributed by atoms with E-state index in [1.165, 1.54) is 0 Å². The highest BCUT2D eigenvalue weighted by molar-refractivity contribution is 6.31. The van der Waals surface area contributed by atoms with E-state index < -0.39 is 0 Å². The van der Waals surface area contributed by atoms with Crippen LogP contribution in [-0.4, -0.2) is 30.3 Å². The van der Waals surface area contributed by atoms with Gasteiger partial charge in [-0.15, -0.1) is 0 Å². The third-order valence-electron chi connectivity index (χ3n) is 4.05. The highest BCUT2D eigenvalue weighted by Crippen LogP contribution is 2.35. The minimum Gasteiger partial charge on any atom is -0.487 e. The first kappa shape index (κ1) is 16.6. The number of ether oxygens (including phenoxy) is 1. The first-order valence-corrected chi connectivity index (χ1v) is 8.21. The van der Waals surface area contributed by atoms with E-state index in [-0.39, 0.29) is 18.6 Å². The van der Waals surface area contributed by atoms with Gasteiger partial charge in [-0.2, -0.15) is 0 Å². The van der Waals surface area contributed by atoms with Gasteiger partial charge in [0.25, 0.3) is 0 Å². The fourth-order valence-corrected chi connectivity index (χ4v) is 2.99. The molecule has 0 spiro atoms. The SMILES string of the molecule is Cc1noc(C)c1CNC(=O)CN1C[C@H](C)Oc2ccc(Cl)cc21. The van der Waals surface area contributed by atoms with Crippen molar-refractivity contribution < 1.29 is 14.1 Å². The average Bonchev–Trinajstić information content (AvgIpc) is 2.84. The van der Waals surface area contributed by atoms with E-state index in [1.807, 2.05) is 37.8 Å². The Bertz CT molecular complexity index is 740. The van der Waals surface area contributed by atoms with Crippen LogP contribution in [0.1, 0.15) is 23.9 Å². The molecule has 1 aromatic heterocycles. The molecule has 2 aromatic rings. The quantitative estimate of drug-likeness (QED) is 0.919. The molecular weight excluding hydrogens is 330 g/mol. The molecule has 0 fully saturated rings. The number of rotatable bonds is 4. The molecule has 0 saturated carbocycles. The number of aromatic nitrogens is 1. The van der Waals surface area contributed by atoms with Gasteiger partial charge >= 0.3 is 0 Å². The fourth-order valence-electron chi connectivity index (χ4n) is 2.82. The number of anilines is 1. The fraction of sp³-hybridized carbons (Fsp3) is 0.412. The maximum atomic E-state index is 12.4. The number of amides is 1. The van der Waals surface area contributed by atoms with E-state index in [0.29, 0.717) is 18.1 Å². The summed E-state index contributed by atoms with van der Waals surface area (Å²) in [5.74, 6) is 1.40. The second-order valence-corrected chi connectivity index (χ2v) is 6.44. The lowest BCUT2D eigenvalue weighted by molar-refractivity contribution is -0.120.